The van der Waals surface area contributed by atoms with E-state index in [2.05, 4.69) is 11.9 Å². The van der Waals surface area contributed by atoms with Crippen molar-refractivity contribution in [3.8, 4) is 0 Å². The molecule has 2 heterocycles. The van der Waals surface area contributed by atoms with Crippen LogP contribution in [0.4, 0.5) is 0 Å². The fourth-order valence-electron chi connectivity index (χ4n) is 1.43. The van der Waals surface area contributed by atoms with Gasteiger partial charge in [0.2, 0.25) is 0 Å². The number of aliphatic hydroxyl groups excluding tert-OH is 1. The first-order valence-corrected chi connectivity index (χ1v) is 7.00. The van der Waals surface area contributed by atoms with Crippen LogP contribution in [0.25, 0.3) is 4.96 Å². The SMILES string of the molecule is CCSCC(O)Cc1cn2ccsc2n1. The highest BCUT2D eigenvalue weighted by molar-refractivity contribution is 7.99. The fourth-order valence-corrected chi connectivity index (χ4v) is 2.77. The van der Waals surface area contributed by atoms with Gasteiger partial charge in [0.1, 0.15) is 0 Å². The third kappa shape index (κ3) is 2.74. The van der Waals surface area contributed by atoms with Gasteiger partial charge >= 0.3 is 0 Å². The molecule has 0 bridgehead atoms. The third-order valence-electron chi connectivity index (χ3n) is 2.10. The Kier molecular flexibility index (Phi) is 3.66. The van der Waals surface area contributed by atoms with Crippen LogP contribution in [0.5, 0.6) is 0 Å². The molecule has 0 amide bonds. The Morgan fingerprint density at radius 1 is 1.67 bits per heavy atom. The standard InChI is InChI=1S/C10H14N2OS2/c1-2-14-7-9(13)5-8-6-12-3-4-15-10(12)11-8/h3-4,6,9,13H,2,5,7H2,1H3. The number of aliphatic hydroxyl groups is 1. The Labute approximate surface area is 97.2 Å². The van der Waals surface area contributed by atoms with E-state index in [1.807, 2.05) is 22.2 Å². The molecule has 1 N–H and O–H groups in total. The van der Waals surface area contributed by atoms with Gasteiger partial charge in [-0.2, -0.15) is 11.8 Å². The normalized spacial score (nSPS) is 13.5. The van der Waals surface area contributed by atoms with Crippen LogP contribution in [0.15, 0.2) is 17.8 Å². The molecule has 2 aromatic heterocycles. The van der Waals surface area contributed by atoms with Crippen molar-refractivity contribution in [3.63, 3.8) is 0 Å². The average Bonchev–Trinajstić information content (AvgIpc) is 2.74. The van der Waals surface area contributed by atoms with Crippen LogP contribution in [0.1, 0.15) is 12.6 Å². The zero-order valence-corrected chi connectivity index (χ0v) is 10.2. The first-order valence-electron chi connectivity index (χ1n) is 4.96. The number of rotatable bonds is 5. The van der Waals surface area contributed by atoms with E-state index in [4.69, 9.17) is 0 Å². The molecule has 2 aromatic rings. The summed E-state index contributed by atoms with van der Waals surface area (Å²) in [5.41, 5.74) is 0.978. The van der Waals surface area contributed by atoms with Crippen LogP contribution in [0, 0.1) is 0 Å². The summed E-state index contributed by atoms with van der Waals surface area (Å²) in [5.74, 6) is 1.84. The van der Waals surface area contributed by atoms with Crippen molar-refractivity contribution in [3.05, 3.63) is 23.5 Å². The molecule has 0 aromatic carbocycles. The molecule has 2 rings (SSSR count). The van der Waals surface area contributed by atoms with E-state index in [0.29, 0.717) is 6.42 Å². The summed E-state index contributed by atoms with van der Waals surface area (Å²) < 4.78 is 2.00. The second-order valence-corrected chi connectivity index (χ2v) is 5.53. The minimum atomic E-state index is -0.278. The lowest BCUT2D eigenvalue weighted by molar-refractivity contribution is 0.199. The van der Waals surface area contributed by atoms with Gasteiger partial charge in [-0.05, 0) is 5.75 Å². The van der Waals surface area contributed by atoms with Gasteiger partial charge in [0, 0.05) is 29.9 Å². The second-order valence-electron chi connectivity index (χ2n) is 3.34. The quantitative estimate of drug-likeness (QED) is 0.872. The van der Waals surface area contributed by atoms with Gasteiger partial charge in [-0.25, -0.2) is 4.98 Å². The first kappa shape index (κ1) is 11.0. The molecule has 0 saturated carbocycles. The predicted molar refractivity (Wildman–Crippen MR) is 65.8 cm³/mol. The zero-order chi connectivity index (χ0) is 10.7. The number of imidazole rings is 1. The van der Waals surface area contributed by atoms with Gasteiger partial charge in [-0.15, -0.1) is 11.3 Å². The molecule has 0 spiro atoms. The van der Waals surface area contributed by atoms with Crippen molar-refractivity contribution < 1.29 is 5.11 Å². The second kappa shape index (κ2) is 5.01. The molecule has 0 aliphatic carbocycles. The predicted octanol–water partition coefficient (Wildman–Crippen LogP) is 2.05. The van der Waals surface area contributed by atoms with E-state index in [1.165, 1.54) is 0 Å². The van der Waals surface area contributed by atoms with Gasteiger partial charge in [0.05, 0.1) is 11.8 Å². The summed E-state index contributed by atoms with van der Waals surface area (Å²) in [4.78, 5) is 5.43. The van der Waals surface area contributed by atoms with Gasteiger partial charge in [-0.1, -0.05) is 6.92 Å². The van der Waals surface area contributed by atoms with Gasteiger partial charge in [-0.3, -0.25) is 4.40 Å². The van der Waals surface area contributed by atoms with Crippen LogP contribution < -0.4 is 0 Å². The van der Waals surface area contributed by atoms with Crippen LogP contribution in [-0.2, 0) is 6.42 Å². The Balaban J connectivity index is 1.96. The van der Waals surface area contributed by atoms with Crippen molar-refractivity contribution >= 4 is 28.1 Å². The maximum absolute atomic E-state index is 9.73. The van der Waals surface area contributed by atoms with Crippen molar-refractivity contribution in [2.45, 2.75) is 19.4 Å². The van der Waals surface area contributed by atoms with Crippen molar-refractivity contribution in [1.29, 1.82) is 0 Å². The molecular formula is C10H14N2OS2. The van der Waals surface area contributed by atoms with Gasteiger partial charge in [0.15, 0.2) is 4.96 Å². The highest BCUT2D eigenvalue weighted by Gasteiger charge is 2.09. The maximum atomic E-state index is 9.73. The number of aromatic nitrogens is 2. The summed E-state index contributed by atoms with van der Waals surface area (Å²) in [6.07, 6.45) is 4.36. The fraction of sp³-hybridized carbons (Fsp3) is 0.500. The van der Waals surface area contributed by atoms with E-state index in [9.17, 15) is 5.11 Å². The highest BCUT2D eigenvalue weighted by Crippen LogP contribution is 2.13. The molecule has 3 nitrogen and oxygen atoms in total. The summed E-state index contributed by atoms with van der Waals surface area (Å²) in [5, 5.41) is 11.7. The summed E-state index contributed by atoms with van der Waals surface area (Å²) in [6, 6.07) is 0. The molecule has 15 heavy (non-hydrogen) atoms. The average molecular weight is 242 g/mol. The summed E-state index contributed by atoms with van der Waals surface area (Å²) >= 11 is 3.38. The monoisotopic (exact) mass is 242 g/mol. The number of thiazole rings is 1. The van der Waals surface area contributed by atoms with E-state index >= 15 is 0 Å². The highest BCUT2D eigenvalue weighted by atomic mass is 32.2. The molecular weight excluding hydrogens is 228 g/mol. The van der Waals surface area contributed by atoms with Crippen molar-refractivity contribution in [2.75, 3.05) is 11.5 Å². The van der Waals surface area contributed by atoms with E-state index in [0.717, 1.165) is 22.2 Å². The van der Waals surface area contributed by atoms with Crippen LogP contribution in [0.3, 0.4) is 0 Å². The van der Waals surface area contributed by atoms with Crippen LogP contribution in [-0.4, -0.2) is 32.1 Å². The van der Waals surface area contributed by atoms with Crippen LogP contribution >= 0.6 is 23.1 Å². The molecule has 0 fully saturated rings. The minimum absolute atomic E-state index is 0.278. The van der Waals surface area contributed by atoms with Crippen LogP contribution in [0.2, 0.25) is 0 Å². The molecule has 1 atom stereocenters. The first-order chi connectivity index (χ1) is 7.29. The lowest BCUT2D eigenvalue weighted by atomic mass is 10.2. The zero-order valence-electron chi connectivity index (χ0n) is 8.59. The number of fused-ring (bicyclic) bond motifs is 1. The molecule has 0 aliphatic rings. The minimum Gasteiger partial charge on any atom is -0.392 e. The molecule has 0 saturated heterocycles. The van der Waals surface area contributed by atoms with E-state index in [-0.39, 0.29) is 6.10 Å². The van der Waals surface area contributed by atoms with Crippen molar-refractivity contribution in [2.24, 2.45) is 0 Å². The lowest BCUT2D eigenvalue weighted by Gasteiger charge is -2.06. The molecule has 0 radical (unpaired) electrons. The largest absolute Gasteiger partial charge is 0.392 e. The lowest BCUT2D eigenvalue weighted by Crippen LogP contribution is -2.13. The molecule has 0 aliphatic heterocycles. The molecule has 1 unspecified atom stereocenters. The summed E-state index contributed by atoms with van der Waals surface area (Å²) in [6.45, 7) is 2.10. The smallest absolute Gasteiger partial charge is 0.193 e. The Bertz CT molecular complexity index is 395. The third-order valence-corrected chi connectivity index (χ3v) is 3.90. The Morgan fingerprint density at radius 2 is 2.53 bits per heavy atom. The topological polar surface area (TPSA) is 37.5 Å². The number of nitrogens with zero attached hydrogens (tertiary/aromatic N) is 2. The van der Waals surface area contributed by atoms with E-state index in [1.54, 1.807) is 23.1 Å². The number of thioether (sulfide) groups is 1. The number of hydrogen-bond donors (Lipinski definition) is 1. The Hall–Kier alpha value is -0.520. The molecule has 5 heteroatoms. The van der Waals surface area contributed by atoms with Crippen molar-refractivity contribution in [1.82, 2.24) is 9.38 Å². The van der Waals surface area contributed by atoms with Gasteiger partial charge in [0.25, 0.3) is 0 Å². The Morgan fingerprint density at radius 3 is 3.27 bits per heavy atom. The summed E-state index contributed by atoms with van der Waals surface area (Å²) in [7, 11) is 0. The number of hydrogen-bond acceptors (Lipinski definition) is 4. The van der Waals surface area contributed by atoms with E-state index < -0.39 is 0 Å². The van der Waals surface area contributed by atoms with Gasteiger partial charge < -0.3 is 5.11 Å². The maximum Gasteiger partial charge on any atom is 0.193 e. The molecule has 82 valence electrons.